The van der Waals surface area contributed by atoms with Crippen LogP contribution >= 0.6 is 23.2 Å². The van der Waals surface area contributed by atoms with Crippen molar-refractivity contribution in [2.24, 2.45) is 0 Å². The second-order valence-corrected chi connectivity index (χ2v) is 5.70. The number of carbonyl (C=O) groups excluding carboxylic acids is 1. The summed E-state index contributed by atoms with van der Waals surface area (Å²) in [6, 6.07) is 5.48. The Bertz CT molecular complexity index is 465. The molecule has 0 radical (unpaired) electrons. The minimum absolute atomic E-state index is 0.0919. The highest BCUT2D eigenvalue weighted by Crippen LogP contribution is 2.23. The topological polar surface area (TPSA) is 41.1 Å². The maximum atomic E-state index is 12.2. The Morgan fingerprint density at radius 1 is 1.16 bits per heavy atom. The summed E-state index contributed by atoms with van der Waals surface area (Å²) in [4.78, 5) is 12.2. The Morgan fingerprint density at radius 3 is 2.47 bits per heavy atom. The van der Waals surface area contributed by atoms with Crippen LogP contribution in [-0.4, -0.2) is 25.0 Å². The number of halogens is 2. The number of benzene rings is 1. The standard InChI is InChI=1S/C14H18Cl2N2O/c1-17-12-4-2-3-5-13(12)18-14(19)9-6-7-10(15)11(16)8-9/h6-8,12-13,17H,2-5H2,1H3,(H,18,19)/t12-,13+/m1/s1. The van der Waals surface area contributed by atoms with Gasteiger partial charge in [-0.1, -0.05) is 36.0 Å². The zero-order valence-electron chi connectivity index (χ0n) is 10.9. The number of rotatable bonds is 3. The van der Waals surface area contributed by atoms with Crippen molar-refractivity contribution in [3.63, 3.8) is 0 Å². The summed E-state index contributed by atoms with van der Waals surface area (Å²) in [6.07, 6.45) is 4.48. The van der Waals surface area contributed by atoms with Gasteiger partial charge in [0.1, 0.15) is 0 Å². The Balaban J connectivity index is 2.05. The van der Waals surface area contributed by atoms with E-state index in [2.05, 4.69) is 10.6 Å². The molecule has 19 heavy (non-hydrogen) atoms. The Hall–Kier alpha value is -0.770. The molecule has 0 aliphatic heterocycles. The van der Waals surface area contributed by atoms with Crippen LogP contribution in [0.2, 0.25) is 10.0 Å². The third-order valence-corrected chi connectivity index (χ3v) is 4.37. The van der Waals surface area contributed by atoms with Crippen molar-refractivity contribution in [3.05, 3.63) is 33.8 Å². The molecule has 104 valence electrons. The van der Waals surface area contributed by atoms with Crippen LogP contribution in [-0.2, 0) is 0 Å². The normalized spacial score (nSPS) is 23.1. The fourth-order valence-electron chi connectivity index (χ4n) is 2.54. The van der Waals surface area contributed by atoms with Gasteiger partial charge in [-0.15, -0.1) is 0 Å². The van der Waals surface area contributed by atoms with Gasteiger partial charge >= 0.3 is 0 Å². The van der Waals surface area contributed by atoms with Crippen LogP contribution in [0.15, 0.2) is 18.2 Å². The zero-order chi connectivity index (χ0) is 13.8. The molecule has 0 bridgehead atoms. The van der Waals surface area contributed by atoms with Crippen LogP contribution in [0.3, 0.4) is 0 Å². The monoisotopic (exact) mass is 300 g/mol. The second kappa shape index (κ2) is 6.60. The lowest BCUT2D eigenvalue weighted by Gasteiger charge is -2.31. The van der Waals surface area contributed by atoms with Crippen molar-refractivity contribution in [2.45, 2.75) is 37.8 Å². The summed E-state index contributed by atoms with van der Waals surface area (Å²) < 4.78 is 0. The van der Waals surface area contributed by atoms with E-state index in [1.54, 1.807) is 18.2 Å². The van der Waals surface area contributed by atoms with Gasteiger partial charge in [0.25, 0.3) is 5.91 Å². The summed E-state index contributed by atoms with van der Waals surface area (Å²) in [5.41, 5.74) is 0.551. The zero-order valence-corrected chi connectivity index (χ0v) is 12.4. The second-order valence-electron chi connectivity index (χ2n) is 4.89. The largest absolute Gasteiger partial charge is 0.348 e. The number of carbonyl (C=O) groups is 1. The van der Waals surface area contributed by atoms with E-state index in [0.717, 1.165) is 19.3 Å². The maximum Gasteiger partial charge on any atom is 0.251 e. The van der Waals surface area contributed by atoms with Crippen LogP contribution in [0.25, 0.3) is 0 Å². The number of hydrogen-bond donors (Lipinski definition) is 2. The van der Waals surface area contributed by atoms with E-state index in [-0.39, 0.29) is 11.9 Å². The van der Waals surface area contributed by atoms with Gasteiger partial charge in [-0.3, -0.25) is 4.79 Å². The molecule has 1 aliphatic carbocycles. The molecule has 0 unspecified atom stereocenters. The van der Waals surface area contributed by atoms with Crippen molar-refractivity contribution >= 4 is 29.1 Å². The van der Waals surface area contributed by atoms with Gasteiger partial charge < -0.3 is 10.6 Å². The molecule has 2 atom stereocenters. The third kappa shape index (κ3) is 3.62. The summed E-state index contributed by atoms with van der Waals surface area (Å²) in [6.45, 7) is 0. The van der Waals surface area contributed by atoms with Gasteiger partial charge in [0, 0.05) is 17.6 Å². The summed E-state index contributed by atoms with van der Waals surface area (Å²) in [7, 11) is 1.94. The predicted molar refractivity (Wildman–Crippen MR) is 79.0 cm³/mol. The molecule has 1 amide bonds. The molecule has 1 saturated carbocycles. The van der Waals surface area contributed by atoms with Crippen molar-refractivity contribution in [1.82, 2.24) is 10.6 Å². The highest BCUT2D eigenvalue weighted by Gasteiger charge is 2.25. The fourth-order valence-corrected chi connectivity index (χ4v) is 2.84. The smallest absolute Gasteiger partial charge is 0.251 e. The van der Waals surface area contributed by atoms with E-state index in [1.807, 2.05) is 7.05 Å². The Labute approximate surface area is 123 Å². The molecule has 1 aromatic carbocycles. The number of hydrogen-bond acceptors (Lipinski definition) is 2. The van der Waals surface area contributed by atoms with E-state index >= 15 is 0 Å². The SMILES string of the molecule is CN[C@@H]1CCCC[C@@H]1NC(=O)c1ccc(Cl)c(Cl)c1. The quantitative estimate of drug-likeness (QED) is 0.900. The van der Waals surface area contributed by atoms with E-state index in [4.69, 9.17) is 23.2 Å². The average Bonchev–Trinajstić information content (AvgIpc) is 2.42. The summed E-state index contributed by atoms with van der Waals surface area (Å²) in [5, 5.41) is 7.22. The Kier molecular flexibility index (Phi) is 5.08. The van der Waals surface area contributed by atoms with Crippen LogP contribution in [0.5, 0.6) is 0 Å². The van der Waals surface area contributed by atoms with Gasteiger partial charge in [0.2, 0.25) is 0 Å². The lowest BCUT2D eigenvalue weighted by atomic mass is 9.90. The molecular formula is C14H18Cl2N2O. The van der Waals surface area contributed by atoms with E-state index < -0.39 is 0 Å². The third-order valence-electron chi connectivity index (χ3n) is 3.64. The first-order valence-electron chi connectivity index (χ1n) is 6.55. The van der Waals surface area contributed by atoms with Crippen LogP contribution < -0.4 is 10.6 Å². The number of amides is 1. The van der Waals surface area contributed by atoms with Gasteiger partial charge in [-0.25, -0.2) is 0 Å². The molecule has 1 aromatic rings. The van der Waals surface area contributed by atoms with Crippen molar-refractivity contribution < 1.29 is 4.79 Å². The lowest BCUT2D eigenvalue weighted by molar-refractivity contribution is 0.0916. The van der Waals surface area contributed by atoms with Gasteiger partial charge in [0.15, 0.2) is 0 Å². The van der Waals surface area contributed by atoms with E-state index in [9.17, 15) is 4.79 Å². The molecule has 2 rings (SSSR count). The highest BCUT2D eigenvalue weighted by atomic mass is 35.5. The molecule has 0 saturated heterocycles. The van der Waals surface area contributed by atoms with Crippen molar-refractivity contribution in [1.29, 1.82) is 0 Å². The first-order chi connectivity index (χ1) is 9.11. The molecule has 1 aliphatic rings. The number of likely N-dealkylation sites (N-methyl/N-ethyl adjacent to an activating group) is 1. The number of nitrogens with one attached hydrogen (secondary N) is 2. The van der Waals surface area contributed by atoms with E-state index in [0.29, 0.717) is 21.7 Å². The van der Waals surface area contributed by atoms with Crippen LogP contribution in [0.4, 0.5) is 0 Å². The predicted octanol–water partition coefficient (Wildman–Crippen LogP) is 3.25. The first kappa shape index (κ1) is 14.6. The minimum atomic E-state index is -0.0919. The van der Waals surface area contributed by atoms with Crippen molar-refractivity contribution in [3.8, 4) is 0 Å². The highest BCUT2D eigenvalue weighted by molar-refractivity contribution is 6.42. The molecule has 0 spiro atoms. The Morgan fingerprint density at radius 2 is 1.84 bits per heavy atom. The molecular weight excluding hydrogens is 283 g/mol. The molecule has 2 N–H and O–H groups in total. The lowest BCUT2D eigenvalue weighted by Crippen LogP contribution is -2.50. The van der Waals surface area contributed by atoms with Gasteiger partial charge in [-0.05, 0) is 38.1 Å². The fraction of sp³-hybridized carbons (Fsp3) is 0.500. The molecule has 0 aromatic heterocycles. The molecule has 0 heterocycles. The average molecular weight is 301 g/mol. The molecule has 1 fully saturated rings. The first-order valence-corrected chi connectivity index (χ1v) is 7.30. The maximum absolute atomic E-state index is 12.2. The van der Waals surface area contributed by atoms with Crippen molar-refractivity contribution in [2.75, 3.05) is 7.05 Å². The molecule has 3 nitrogen and oxygen atoms in total. The molecule has 5 heteroatoms. The van der Waals surface area contributed by atoms with Gasteiger partial charge in [-0.2, -0.15) is 0 Å². The van der Waals surface area contributed by atoms with Gasteiger partial charge in [0.05, 0.1) is 10.0 Å². The minimum Gasteiger partial charge on any atom is -0.348 e. The summed E-state index contributed by atoms with van der Waals surface area (Å²) >= 11 is 11.8. The van der Waals surface area contributed by atoms with Crippen LogP contribution in [0.1, 0.15) is 36.0 Å². The summed E-state index contributed by atoms with van der Waals surface area (Å²) in [5.74, 6) is -0.0919. The van der Waals surface area contributed by atoms with Crippen LogP contribution in [0, 0.1) is 0 Å². The van der Waals surface area contributed by atoms with E-state index in [1.165, 1.54) is 6.42 Å².